The summed E-state index contributed by atoms with van der Waals surface area (Å²) < 4.78 is 5.48. The van der Waals surface area contributed by atoms with Crippen LogP contribution in [0.3, 0.4) is 0 Å². The van der Waals surface area contributed by atoms with Gasteiger partial charge >= 0.3 is 0 Å². The average molecular weight is 387 g/mol. The Bertz CT molecular complexity index is 908. The van der Waals surface area contributed by atoms with E-state index in [1.807, 2.05) is 54.6 Å². The molecule has 1 fully saturated rings. The quantitative estimate of drug-likeness (QED) is 0.702. The predicted octanol–water partition coefficient (Wildman–Crippen LogP) is 3.63. The number of benzene rings is 2. The van der Waals surface area contributed by atoms with Crippen LogP contribution in [0.4, 0.5) is 5.69 Å². The van der Waals surface area contributed by atoms with Gasteiger partial charge in [-0.3, -0.25) is 14.7 Å². The lowest BCUT2D eigenvalue weighted by Crippen LogP contribution is -2.50. The molecule has 1 unspecified atom stereocenters. The number of amides is 1. The third-order valence-corrected chi connectivity index (χ3v) is 5.23. The van der Waals surface area contributed by atoms with Crippen molar-refractivity contribution in [3.05, 3.63) is 84.7 Å². The van der Waals surface area contributed by atoms with Crippen LogP contribution < -0.4 is 5.32 Å². The van der Waals surface area contributed by atoms with Crippen LogP contribution in [0.5, 0.6) is 0 Å². The standard InChI is InChI=1S/C24H25N3O2/c28-24(26-22-8-6-20(7-9-22)21-10-12-25-13-11-21)23(27-14-16-29-17-15-27)18-19-4-2-1-3-5-19/h1-13,23H,14-18H2,(H,26,28). The normalized spacial score (nSPS) is 15.6. The minimum absolute atomic E-state index is 0.0208. The van der Waals surface area contributed by atoms with E-state index in [4.69, 9.17) is 4.74 Å². The van der Waals surface area contributed by atoms with Gasteiger partial charge in [-0.05, 0) is 47.4 Å². The van der Waals surface area contributed by atoms with E-state index in [9.17, 15) is 4.79 Å². The zero-order chi connectivity index (χ0) is 19.9. The zero-order valence-electron chi connectivity index (χ0n) is 16.3. The maximum Gasteiger partial charge on any atom is 0.242 e. The first-order valence-electron chi connectivity index (χ1n) is 9.97. The van der Waals surface area contributed by atoms with Crippen LogP contribution in [-0.4, -0.2) is 48.1 Å². The molecular formula is C24H25N3O2. The molecule has 5 nitrogen and oxygen atoms in total. The van der Waals surface area contributed by atoms with Crippen molar-refractivity contribution in [2.45, 2.75) is 12.5 Å². The van der Waals surface area contributed by atoms with Gasteiger partial charge in [-0.15, -0.1) is 0 Å². The third kappa shape index (κ3) is 5.08. The largest absolute Gasteiger partial charge is 0.379 e. The van der Waals surface area contributed by atoms with Gasteiger partial charge in [0.2, 0.25) is 5.91 Å². The minimum atomic E-state index is -0.221. The second kappa shape index (κ2) is 9.45. The van der Waals surface area contributed by atoms with Gasteiger partial charge in [-0.2, -0.15) is 0 Å². The van der Waals surface area contributed by atoms with Crippen molar-refractivity contribution in [3.8, 4) is 11.1 Å². The van der Waals surface area contributed by atoms with E-state index in [0.717, 1.165) is 35.5 Å². The smallest absolute Gasteiger partial charge is 0.242 e. The molecule has 1 amide bonds. The highest BCUT2D eigenvalue weighted by atomic mass is 16.5. The Morgan fingerprint density at radius 2 is 1.59 bits per heavy atom. The molecule has 1 aromatic heterocycles. The Kier molecular flexibility index (Phi) is 6.29. The van der Waals surface area contributed by atoms with E-state index < -0.39 is 0 Å². The summed E-state index contributed by atoms with van der Waals surface area (Å²) in [6.07, 6.45) is 4.24. The lowest BCUT2D eigenvalue weighted by atomic mass is 10.0. The van der Waals surface area contributed by atoms with Crippen molar-refractivity contribution in [1.29, 1.82) is 0 Å². The molecule has 0 bridgehead atoms. The number of aromatic nitrogens is 1. The van der Waals surface area contributed by atoms with Crippen molar-refractivity contribution in [1.82, 2.24) is 9.88 Å². The first kappa shape index (κ1) is 19.3. The minimum Gasteiger partial charge on any atom is -0.379 e. The first-order valence-corrected chi connectivity index (χ1v) is 9.97. The topological polar surface area (TPSA) is 54.5 Å². The summed E-state index contributed by atoms with van der Waals surface area (Å²) in [5.74, 6) is 0.0208. The van der Waals surface area contributed by atoms with Crippen molar-refractivity contribution >= 4 is 11.6 Å². The second-order valence-corrected chi connectivity index (χ2v) is 7.16. The molecule has 0 saturated carbocycles. The molecule has 1 aliphatic rings. The lowest BCUT2D eigenvalue weighted by Gasteiger charge is -2.33. The molecule has 2 aromatic carbocycles. The van der Waals surface area contributed by atoms with Gasteiger partial charge in [-0.1, -0.05) is 42.5 Å². The summed E-state index contributed by atoms with van der Waals surface area (Å²) in [6.45, 7) is 2.87. The zero-order valence-corrected chi connectivity index (χ0v) is 16.3. The fraction of sp³-hybridized carbons (Fsp3) is 0.250. The maximum absolute atomic E-state index is 13.2. The van der Waals surface area contributed by atoms with Gasteiger partial charge in [0.1, 0.15) is 0 Å². The van der Waals surface area contributed by atoms with Gasteiger partial charge < -0.3 is 10.1 Å². The monoisotopic (exact) mass is 387 g/mol. The van der Waals surface area contributed by atoms with Gasteiger partial charge in [0.15, 0.2) is 0 Å². The van der Waals surface area contributed by atoms with Crippen LogP contribution in [0.25, 0.3) is 11.1 Å². The Labute approximate surface area is 171 Å². The van der Waals surface area contributed by atoms with E-state index in [1.54, 1.807) is 12.4 Å². The van der Waals surface area contributed by atoms with Crippen LogP contribution in [-0.2, 0) is 16.0 Å². The Balaban J connectivity index is 1.48. The number of carbonyl (C=O) groups excluding carboxylic acids is 1. The molecule has 1 aliphatic heterocycles. The van der Waals surface area contributed by atoms with Crippen molar-refractivity contribution in [2.24, 2.45) is 0 Å². The molecule has 0 radical (unpaired) electrons. The summed E-state index contributed by atoms with van der Waals surface area (Å²) in [5, 5.41) is 3.10. The third-order valence-electron chi connectivity index (χ3n) is 5.23. The number of morpholine rings is 1. The summed E-state index contributed by atoms with van der Waals surface area (Å²) in [5.41, 5.74) is 4.17. The number of hydrogen-bond donors (Lipinski definition) is 1. The molecule has 5 heteroatoms. The van der Waals surface area contributed by atoms with Crippen LogP contribution in [0.1, 0.15) is 5.56 Å². The van der Waals surface area contributed by atoms with Crippen molar-refractivity contribution in [3.63, 3.8) is 0 Å². The number of ether oxygens (including phenoxy) is 1. The van der Waals surface area contributed by atoms with Crippen LogP contribution in [0, 0.1) is 0 Å². The highest BCUT2D eigenvalue weighted by Crippen LogP contribution is 2.21. The molecule has 1 N–H and O–H groups in total. The summed E-state index contributed by atoms with van der Waals surface area (Å²) >= 11 is 0. The number of nitrogens with one attached hydrogen (secondary N) is 1. The number of nitrogens with zero attached hydrogens (tertiary/aromatic N) is 2. The first-order chi connectivity index (χ1) is 14.3. The van der Waals surface area contributed by atoms with Crippen LogP contribution >= 0.6 is 0 Å². The van der Waals surface area contributed by atoms with E-state index >= 15 is 0 Å². The molecule has 0 aliphatic carbocycles. The van der Waals surface area contributed by atoms with Gasteiger partial charge in [0.05, 0.1) is 19.3 Å². The molecule has 3 aromatic rings. The Morgan fingerprint density at radius 3 is 2.28 bits per heavy atom. The molecule has 1 saturated heterocycles. The van der Waals surface area contributed by atoms with Gasteiger partial charge in [0, 0.05) is 31.2 Å². The fourth-order valence-corrected chi connectivity index (χ4v) is 3.63. The summed E-state index contributed by atoms with van der Waals surface area (Å²) in [7, 11) is 0. The summed E-state index contributed by atoms with van der Waals surface area (Å²) in [6, 6.07) is 21.8. The molecule has 29 heavy (non-hydrogen) atoms. The number of carbonyl (C=O) groups is 1. The summed E-state index contributed by atoms with van der Waals surface area (Å²) in [4.78, 5) is 19.4. The van der Waals surface area contributed by atoms with Crippen molar-refractivity contribution in [2.75, 3.05) is 31.6 Å². The maximum atomic E-state index is 13.2. The average Bonchev–Trinajstić information content (AvgIpc) is 2.80. The van der Waals surface area contributed by atoms with Crippen LogP contribution in [0.15, 0.2) is 79.1 Å². The number of anilines is 1. The molecular weight excluding hydrogens is 362 g/mol. The molecule has 148 valence electrons. The molecule has 2 heterocycles. The van der Waals surface area contributed by atoms with E-state index in [1.165, 1.54) is 0 Å². The molecule has 0 spiro atoms. The van der Waals surface area contributed by atoms with Crippen molar-refractivity contribution < 1.29 is 9.53 Å². The highest BCUT2D eigenvalue weighted by molar-refractivity contribution is 5.95. The lowest BCUT2D eigenvalue weighted by molar-refractivity contribution is -0.123. The number of rotatable bonds is 6. The Morgan fingerprint density at radius 1 is 0.931 bits per heavy atom. The van der Waals surface area contributed by atoms with Gasteiger partial charge in [0.25, 0.3) is 0 Å². The molecule has 4 rings (SSSR count). The van der Waals surface area contributed by atoms with E-state index in [2.05, 4.69) is 27.3 Å². The van der Waals surface area contributed by atoms with Crippen LogP contribution in [0.2, 0.25) is 0 Å². The number of hydrogen-bond acceptors (Lipinski definition) is 4. The second-order valence-electron chi connectivity index (χ2n) is 7.16. The van der Waals surface area contributed by atoms with E-state index in [0.29, 0.717) is 19.6 Å². The van der Waals surface area contributed by atoms with E-state index in [-0.39, 0.29) is 11.9 Å². The highest BCUT2D eigenvalue weighted by Gasteiger charge is 2.27. The number of pyridine rings is 1. The SMILES string of the molecule is O=C(Nc1ccc(-c2ccncc2)cc1)C(Cc1ccccc1)N1CCOCC1. The Hall–Kier alpha value is -3.02. The predicted molar refractivity (Wildman–Crippen MR) is 115 cm³/mol. The molecule has 1 atom stereocenters. The van der Waals surface area contributed by atoms with Gasteiger partial charge in [-0.25, -0.2) is 0 Å². The fourth-order valence-electron chi connectivity index (χ4n) is 3.63.